The van der Waals surface area contributed by atoms with Gasteiger partial charge in [-0.2, -0.15) is 0 Å². The highest BCUT2D eigenvalue weighted by Crippen LogP contribution is 2.37. The Morgan fingerprint density at radius 3 is 2.40 bits per heavy atom. The largest absolute Gasteiger partial charge is 0.339 e. The lowest BCUT2D eigenvalue weighted by Crippen LogP contribution is -2.72. The van der Waals surface area contributed by atoms with Crippen LogP contribution >= 0.6 is 0 Å². The second-order valence-corrected chi connectivity index (χ2v) is 7.03. The Morgan fingerprint density at radius 1 is 1.08 bits per heavy atom. The minimum atomic E-state index is 0.240. The molecule has 3 heteroatoms. The van der Waals surface area contributed by atoms with E-state index in [0.29, 0.717) is 24.4 Å². The minimum Gasteiger partial charge on any atom is -0.339 e. The Balaban J connectivity index is 1.39. The van der Waals surface area contributed by atoms with Crippen LogP contribution in [0.15, 0.2) is 60.7 Å². The lowest BCUT2D eigenvalue weighted by molar-refractivity contribution is -0.135. The van der Waals surface area contributed by atoms with E-state index in [2.05, 4.69) is 41.7 Å². The molecule has 0 aliphatic carbocycles. The van der Waals surface area contributed by atoms with Gasteiger partial charge >= 0.3 is 0 Å². The Hall–Kier alpha value is -2.39. The van der Waals surface area contributed by atoms with Gasteiger partial charge in [-0.25, -0.2) is 0 Å². The van der Waals surface area contributed by atoms with Crippen LogP contribution in [-0.4, -0.2) is 36.0 Å². The van der Waals surface area contributed by atoms with Crippen molar-refractivity contribution in [3.63, 3.8) is 0 Å². The van der Waals surface area contributed by atoms with E-state index in [1.807, 2.05) is 42.2 Å². The van der Waals surface area contributed by atoms with Crippen molar-refractivity contribution in [2.45, 2.75) is 31.3 Å². The Labute approximate surface area is 149 Å². The van der Waals surface area contributed by atoms with Crippen LogP contribution in [0.3, 0.4) is 0 Å². The second kappa shape index (κ2) is 6.85. The zero-order valence-electron chi connectivity index (χ0n) is 14.6. The van der Waals surface area contributed by atoms with Crippen molar-refractivity contribution in [3.8, 4) is 0 Å². The number of nitrogens with zero attached hydrogens (tertiary/aromatic N) is 1. The molecular formula is C22H24N2O. The van der Waals surface area contributed by atoms with E-state index >= 15 is 0 Å². The number of allylic oxidation sites excluding steroid dienone is 1. The van der Waals surface area contributed by atoms with Gasteiger partial charge in [0.15, 0.2) is 0 Å². The molecule has 2 bridgehead atoms. The molecule has 128 valence electrons. The fourth-order valence-corrected chi connectivity index (χ4v) is 4.10. The van der Waals surface area contributed by atoms with E-state index in [4.69, 9.17) is 0 Å². The molecule has 1 amide bonds. The van der Waals surface area contributed by atoms with Crippen molar-refractivity contribution in [1.29, 1.82) is 0 Å². The number of hydrogen-bond acceptors (Lipinski definition) is 2. The van der Waals surface area contributed by atoms with E-state index in [1.54, 1.807) is 0 Å². The lowest BCUT2D eigenvalue weighted by Gasteiger charge is -2.54. The van der Waals surface area contributed by atoms with E-state index in [1.165, 1.54) is 11.1 Å². The van der Waals surface area contributed by atoms with Crippen LogP contribution in [-0.2, 0) is 11.2 Å². The molecule has 3 aliphatic rings. The van der Waals surface area contributed by atoms with Crippen LogP contribution < -0.4 is 5.32 Å². The van der Waals surface area contributed by atoms with Gasteiger partial charge in [-0.3, -0.25) is 4.79 Å². The number of carbonyl (C=O) groups is 1. The number of benzene rings is 2. The standard InChI is InChI=1S/C22H24N2O/c1-2-6-16-9-11-18(12-10-16)22-19-14-24(15-20(22)23-19)21(25)13-17-7-4-3-5-8-17/h2-12,19-20,22-23H,13-15H2,1H3/b6-2+/t19-,20+,22?. The highest BCUT2D eigenvalue weighted by atomic mass is 16.2. The molecule has 3 heterocycles. The Kier molecular flexibility index (Phi) is 4.41. The molecule has 0 radical (unpaired) electrons. The van der Waals surface area contributed by atoms with Gasteiger partial charge in [0, 0.05) is 31.1 Å². The summed E-state index contributed by atoms with van der Waals surface area (Å²) in [6.07, 6.45) is 4.68. The Morgan fingerprint density at radius 2 is 1.76 bits per heavy atom. The number of piperazine rings is 1. The summed E-state index contributed by atoms with van der Waals surface area (Å²) in [5.41, 5.74) is 3.72. The summed E-state index contributed by atoms with van der Waals surface area (Å²) in [5.74, 6) is 0.769. The average Bonchev–Trinajstić information content (AvgIpc) is 2.64. The van der Waals surface area contributed by atoms with Crippen molar-refractivity contribution in [3.05, 3.63) is 77.4 Å². The van der Waals surface area contributed by atoms with E-state index in [0.717, 1.165) is 18.7 Å². The molecule has 3 saturated heterocycles. The summed E-state index contributed by atoms with van der Waals surface area (Å²) in [6.45, 7) is 3.65. The topological polar surface area (TPSA) is 32.3 Å². The summed E-state index contributed by atoms with van der Waals surface area (Å²) in [7, 11) is 0. The zero-order chi connectivity index (χ0) is 17.2. The summed E-state index contributed by atoms with van der Waals surface area (Å²) in [6, 6.07) is 19.6. The third-order valence-electron chi connectivity index (χ3n) is 5.36. The third-order valence-corrected chi connectivity index (χ3v) is 5.36. The molecule has 0 spiro atoms. The van der Waals surface area contributed by atoms with Crippen molar-refractivity contribution >= 4 is 12.0 Å². The van der Waals surface area contributed by atoms with Crippen molar-refractivity contribution in [2.75, 3.05) is 13.1 Å². The predicted molar refractivity (Wildman–Crippen MR) is 101 cm³/mol. The first-order chi connectivity index (χ1) is 12.2. The highest BCUT2D eigenvalue weighted by molar-refractivity contribution is 5.79. The van der Waals surface area contributed by atoms with Gasteiger partial charge in [-0.1, -0.05) is 66.7 Å². The monoisotopic (exact) mass is 332 g/mol. The van der Waals surface area contributed by atoms with Gasteiger partial charge in [-0.05, 0) is 23.6 Å². The molecule has 1 N–H and O–H groups in total. The molecule has 3 atom stereocenters. The first-order valence-corrected chi connectivity index (χ1v) is 9.05. The van der Waals surface area contributed by atoms with Crippen molar-refractivity contribution in [2.24, 2.45) is 0 Å². The SMILES string of the molecule is C/C=C/c1ccc(C2[C@@H]3CN(C(=O)Cc4ccccc4)C[C@H]2N3)cc1. The quantitative estimate of drug-likeness (QED) is 0.932. The zero-order valence-corrected chi connectivity index (χ0v) is 14.6. The van der Waals surface area contributed by atoms with Crippen molar-refractivity contribution in [1.82, 2.24) is 10.2 Å². The summed E-state index contributed by atoms with van der Waals surface area (Å²) >= 11 is 0. The second-order valence-electron chi connectivity index (χ2n) is 7.03. The van der Waals surface area contributed by atoms with Crippen LogP contribution in [0.5, 0.6) is 0 Å². The normalized spacial score (nSPS) is 25.0. The van der Waals surface area contributed by atoms with Gasteiger partial charge in [0.2, 0.25) is 5.91 Å². The number of piperidine rings is 1. The molecule has 0 aromatic heterocycles. The smallest absolute Gasteiger partial charge is 0.227 e. The molecule has 2 aromatic carbocycles. The van der Waals surface area contributed by atoms with Gasteiger partial charge in [-0.15, -0.1) is 0 Å². The molecule has 1 unspecified atom stereocenters. The number of amides is 1. The molecule has 25 heavy (non-hydrogen) atoms. The van der Waals surface area contributed by atoms with Crippen molar-refractivity contribution < 1.29 is 4.79 Å². The van der Waals surface area contributed by atoms with Crippen LogP contribution in [0.4, 0.5) is 0 Å². The lowest BCUT2D eigenvalue weighted by atomic mass is 9.74. The third kappa shape index (κ3) is 3.24. The van der Waals surface area contributed by atoms with Gasteiger partial charge in [0.1, 0.15) is 0 Å². The Bertz CT molecular complexity index is 754. The van der Waals surface area contributed by atoms with Crippen LogP contribution in [0.2, 0.25) is 0 Å². The highest BCUT2D eigenvalue weighted by Gasteiger charge is 2.47. The molecule has 3 aliphatic heterocycles. The van der Waals surface area contributed by atoms with Crippen LogP contribution in [0, 0.1) is 0 Å². The van der Waals surface area contributed by atoms with E-state index in [-0.39, 0.29) is 5.91 Å². The summed E-state index contributed by atoms with van der Waals surface area (Å²) in [5, 5.41) is 3.61. The maximum absolute atomic E-state index is 12.6. The number of hydrogen-bond donors (Lipinski definition) is 1. The van der Waals surface area contributed by atoms with Crippen LogP contribution in [0.25, 0.3) is 6.08 Å². The average molecular weight is 332 g/mol. The summed E-state index contributed by atoms with van der Waals surface area (Å²) in [4.78, 5) is 14.6. The first kappa shape index (κ1) is 16.1. The maximum Gasteiger partial charge on any atom is 0.227 e. The molecule has 5 rings (SSSR count). The molecular weight excluding hydrogens is 308 g/mol. The fraction of sp³-hybridized carbons (Fsp3) is 0.318. The summed E-state index contributed by atoms with van der Waals surface area (Å²) < 4.78 is 0. The molecule has 3 nitrogen and oxygen atoms in total. The predicted octanol–water partition coefficient (Wildman–Crippen LogP) is 3.23. The molecule has 0 saturated carbocycles. The minimum absolute atomic E-state index is 0.240. The van der Waals surface area contributed by atoms with E-state index < -0.39 is 0 Å². The molecule has 3 fully saturated rings. The number of carbonyl (C=O) groups excluding carboxylic acids is 1. The number of fused-ring (bicyclic) bond motifs is 2. The number of nitrogens with one attached hydrogen (secondary N) is 1. The fourth-order valence-electron chi connectivity index (χ4n) is 4.10. The molecule has 2 aromatic rings. The van der Waals surface area contributed by atoms with Gasteiger partial charge in [0.25, 0.3) is 0 Å². The maximum atomic E-state index is 12.6. The van der Waals surface area contributed by atoms with Crippen LogP contribution in [0.1, 0.15) is 29.5 Å². The van der Waals surface area contributed by atoms with E-state index in [9.17, 15) is 4.79 Å². The first-order valence-electron chi connectivity index (χ1n) is 9.05. The number of rotatable bonds is 4. The van der Waals surface area contributed by atoms with Gasteiger partial charge < -0.3 is 10.2 Å². The van der Waals surface area contributed by atoms with Gasteiger partial charge in [0.05, 0.1) is 6.42 Å².